The number of rotatable bonds is 1. The van der Waals surface area contributed by atoms with E-state index in [4.69, 9.17) is 0 Å². The zero-order chi connectivity index (χ0) is 17.3. The molecule has 7 atom stereocenters. The molecule has 4 aliphatic rings. The Bertz CT molecular complexity index is 614. The van der Waals surface area contributed by atoms with Gasteiger partial charge in [-0.25, -0.2) is 0 Å². The van der Waals surface area contributed by atoms with Crippen molar-refractivity contribution in [2.45, 2.75) is 58.4 Å². The fourth-order valence-electron chi connectivity index (χ4n) is 7.14. The number of hydrogen-bond acceptors (Lipinski definition) is 2. The zero-order valence-electron chi connectivity index (χ0n) is 15.0. The molecule has 0 aromatic carbocycles. The van der Waals surface area contributed by atoms with Gasteiger partial charge in [-0.05, 0) is 67.8 Å². The van der Waals surface area contributed by atoms with Crippen molar-refractivity contribution >= 4 is 11.9 Å². The van der Waals surface area contributed by atoms with Crippen LogP contribution in [-0.2, 0) is 9.59 Å². The minimum Gasteiger partial charge on any atom is -0.481 e. The molecule has 5 unspecified atom stereocenters. The predicted molar refractivity (Wildman–Crippen MR) is 91.2 cm³/mol. The van der Waals surface area contributed by atoms with Gasteiger partial charge in [0.15, 0.2) is 0 Å². The molecule has 0 bridgehead atoms. The molecular formula is C20H29NO3. The second kappa shape index (κ2) is 5.09. The zero-order valence-corrected chi connectivity index (χ0v) is 15.0. The van der Waals surface area contributed by atoms with Crippen LogP contribution in [0.5, 0.6) is 0 Å². The Hall–Kier alpha value is -1.32. The second-order valence-electron chi connectivity index (χ2n) is 9.13. The Labute approximate surface area is 144 Å². The Kier molecular flexibility index (Phi) is 3.43. The first kappa shape index (κ1) is 16.2. The fraction of sp³-hybridized carbons (Fsp3) is 0.800. The van der Waals surface area contributed by atoms with Crippen LogP contribution in [0, 0.1) is 34.5 Å². The number of carbonyl (C=O) groups is 2. The van der Waals surface area contributed by atoms with E-state index in [1.165, 1.54) is 0 Å². The van der Waals surface area contributed by atoms with Crippen LogP contribution in [0.1, 0.15) is 52.4 Å². The molecule has 0 spiro atoms. The third kappa shape index (κ3) is 1.91. The summed E-state index contributed by atoms with van der Waals surface area (Å²) in [4.78, 5) is 25.8. The number of carboxylic acids is 1. The largest absolute Gasteiger partial charge is 0.481 e. The first-order valence-electron chi connectivity index (χ1n) is 9.48. The number of aliphatic carboxylic acids is 1. The molecule has 1 aliphatic heterocycles. The Morgan fingerprint density at radius 2 is 1.92 bits per heavy atom. The van der Waals surface area contributed by atoms with Gasteiger partial charge in [-0.15, -0.1) is 0 Å². The summed E-state index contributed by atoms with van der Waals surface area (Å²) in [5.74, 6) is 1.09. The molecule has 3 saturated carbocycles. The lowest BCUT2D eigenvalue weighted by atomic mass is 9.47. The summed E-state index contributed by atoms with van der Waals surface area (Å²) in [6, 6.07) is 0.303. The molecule has 24 heavy (non-hydrogen) atoms. The number of amides is 1. The molecule has 3 fully saturated rings. The molecule has 0 saturated heterocycles. The summed E-state index contributed by atoms with van der Waals surface area (Å²) >= 11 is 0. The van der Waals surface area contributed by atoms with E-state index in [2.05, 4.69) is 19.9 Å². The third-order valence-corrected chi connectivity index (χ3v) is 8.43. The molecule has 3 aliphatic carbocycles. The van der Waals surface area contributed by atoms with Crippen molar-refractivity contribution in [2.75, 3.05) is 7.05 Å². The second-order valence-corrected chi connectivity index (χ2v) is 9.13. The summed E-state index contributed by atoms with van der Waals surface area (Å²) in [5.41, 5.74) is 0.0184. The molecule has 132 valence electrons. The van der Waals surface area contributed by atoms with Crippen molar-refractivity contribution in [2.24, 2.45) is 34.5 Å². The van der Waals surface area contributed by atoms with Crippen LogP contribution < -0.4 is 0 Å². The van der Waals surface area contributed by atoms with Crippen LogP contribution in [0.2, 0.25) is 0 Å². The van der Waals surface area contributed by atoms with Crippen molar-refractivity contribution in [3.63, 3.8) is 0 Å². The number of nitrogens with zero attached hydrogens (tertiary/aromatic N) is 1. The van der Waals surface area contributed by atoms with E-state index in [9.17, 15) is 14.7 Å². The molecule has 0 radical (unpaired) electrons. The minimum atomic E-state index is -0.596. The molecule has 0 aromatic heterocycles. The van der Waals surface area contributed by atoms with Gasteiger partial charge in [0.05, 0.1) is 5.92 Å². The van der Waals surface area contributed by atoms with E-state index in [0.29, 0.717) is 23.8 Å². The molecular weight excluding hydrogens is 302 g/mol. The maximum Gasteiger partial charge on any atom is 0.307 e. The van der Waals surface area contributed by atoms with Gasteiger partial charge < -0.3 is 10.0 Å². The van der Waals surface area contributed by atoms with Gasteiger partial charge in [0, 0.05) is 18.5 Å². The van der Waals surface area contributed by atoms with Gasteiger partial charge in [-0.2, -0.15) is 0 Å². The monoisotopic (exact) mass is 331 g/mol. The molecule has 4 heteroatoms. The lowest BCUT2D eigenvalue weighted by Crippen LogP contribution is -2.59. The van der Waals surface area contributed by atoms with Gasteiger partial charge in [0.25, 0.3) is 0 Å². The molecule has 1 N–H and O–H groups in total. The van der Waals surface area contributed by atoms with Crippen LogP contribution in [-0.4, -0.2) is 35.0 Å². The van der Waals surface area contributed by atoms with E-state index in [1.807, 2.05) is 11.9 Å². The average molecular weight is 331 g/mol. The summed E-state index contributed by atoms with van der Waals surface area (Å²) < 4.78 is 0. The number of carbonyl (C=O) groups excluding carboxylic acids is 1. The highest BCUT2D eigenvalue weighted by atomic mass is 16.4. The summed E-state index contributed by atoms with van der Waals surface area (Å²) in [5, 5.41) is 9.66. The number of carboxylic acid groups (broad SMARTS) is 1. The SMILES string of the molecule is CN1C(=O)C=CC2(C)C3CC[C@@]4(C)C(CC[C@@H]4C(=O)O)C3CCC12. The average Bonchev–Trinajstić information content (AvgIpc) is 2.89. The van der Waals surface area contributed by atoms with Gasteiger partial charge in [0.1, 0.15) is 0 Å². The first-order chi connectivity index (χ1) is 11.3. The van der Waals surface area contributed by atoms with E-state index in [-0.39, 0.29) is 22.7 Å². The predicted octanol–water partition coefficient (Wildman–Crippen LogP) is 3.33. The van der Waals surface area contributed by atoms with Gasteiger partial charge in [-0.3, -0.25) is 9.59 Å². The standard InChI is InChI=1S/C20H29NO3/c1-19-10-8-14-12(13(19)5-6-15(19)18(23)24)4-7-16-20(14,2)11-9-17(22)21(16)3/h9,11-16H,4-8,10H2,1-3H3,(H,23,24)/t12?,13?,14?,15-,16?,19+,20?/m1/s1. The van der Waals surface area contributed by atoms with E-state index in [1.54, 1.807) is 6.08 Å². The number of hydrogen-bond donors (Lipinski definition) is 1. The Balaban J connectivity index is 1.68. The molecule has 4 rings (SSSR count). The Morgan fingerprint density at radius 1 is 1.17 bits per heavy atom. The van der Waals surface area contributed by atoms with Crippen molar-refractivity contribution in [3.05, 3.63) is 12.2 Å². The summed E-state index contributed by atoms with van der Waals surface area (Å²) in [6.07, 6.45) is 10.2. The third-order valence-electron chi connectivity index (χ3n) is 8.43. The fourth-order valence-corrected chi connectivity index (χ4v) is 7.14. The highest BCUT2D eigenvalue weighted by Gasteiger charge is 2.61. The lowest BCUT2D eigenvalue weighted by molar-refractivity contribution is -0.152. The Morgan fingerprint density at radius 3 is 2.62 bits per heavy atom. The van der Waals surface area contributed by atoms with Crippen molar-refractivity contribution in [1.82, 2.24) is 4.90 Å². The van der Waals surface area contributed by atoms with Crippen LogP contribution in [0.4, 0.5) is 0 Å². The minimum absolute atomic E-state index is 0.0314. The lowest BCUT2D eigenvalue weighted by Gasteiger charge is -2.60. The van der Waals surface area contributed by atoms with Crippen molar-refractivity contribution < 1.29 is 14.7 Å². The number of fused-ring (bicyclic) bond motifs is 5. The van der Waals surface area contributed by atoms with Crippen LogP contribution >= 0.6 is 0 Å². The number of likely N-dealkylation sites (N-methyl/N-ethyl adjacent to an activating group) is 1. The van der Waals surface area contributed by atoms with Crippen LogP contribution in [0.15, 0.2) is 12.2 Å². The van der Waals surface area contributed by atoms with Crippen molar-refractivity contribution in [3.8, 4) is 0 Å². The highest BCUT2D eigenvalue weighted by molar-refractivity contribution is 5.89. The van der Waals surface area contributed by atoms with E-state index < -0.39 is 5.97 Å². The normalized spacial score (nSPS) is 50.2. The maximum absolute atomic E-state index is 12.1. The van der Waals surface area contributed by atoms with Gasteiger partial charge >= 0.3 is 5.97 Å². The highest BCUT2D eigenvalue weighted by Crippen LogP contribution is 2.65. The van der Waals surface area contributed by atoms with Crippen molar-refractivity contribution in [1.29, 1.82) is 0 Å². The molecule has 4 nitrogen and oxygen atoms in total. The van der Waals surface area contributed by atoms with E-state index in [0.717, 1.165) is 38.5 Å². The van der Waals surface area contributed by atoms with Crippen LogP contribution in [0.3, 0.4) is 0 Å². The van der Waals surface area contributed by atoms with Gasteiger partial charge in [0.2, 0.25) is 5.91 Å². The van der Waals surface area contributed by atoms with Crippen LogP contribution in [0.25, 0.3) is 0 Å². The molecule has 1 heterocycles. The van der Waals surface area contributed by atoms with E-state index >= 15 is 0 Å². The quantitative estimate of drug-likeness (QED) is 0.802. The topological polar surface area (TPSA) is 57.6 Å². The maximum atomic E-state index is 12.1. The molecule has 0 aromatic rings. The summed E-state index contributed by atoms with van der Waals surface area (Å²) in [7, 11) is 1.94. The first-order valence-corrected chi connectivity index (χ1v) is 9.48. The summed E-state index contributed by atoms with van der Waals surface area (Å²) in [6.45, 7) is 4.57. The molecule has 1 amide bonds. The van der Waals surface area contributed by atoms with Gasteiger partial charge in [-0.1, -0.05) is 19.9 Å². The smallest absolute Gasteiger partial charge is 0.307 e.